The molecule has 2 rings (SSSR count). The highest BCUT2D eigenvalue weighted by atomic mass is 79.9. The molecule has 20 heavy (non-hydrogen) atoms. The van der Waals surface area contributed by atoms with Gasteiger partial charge >= 0.3 is 5.97 Å². The highest BCUT2D eigenvalue weighted by Gasteiger charge is 2.34. The minimum absolute atomic E-state index is 0.110. The van der Waals surface area contributed by atoms with Gasteiger partial charge in [0.2, 0.25) is 0 Å². The highest BCUT2D eigenvalue weighted by Crippen LogP contribution is 2.31. The lowest BCUT2D eigenvalue weighted by Gasteiger charge is -2.36. The van der Waals surface area contributed by atoms with Crippen molar-refractivity contribution in [2.75, 3.05) is 13.1 Å². The summed E-state index contributed by atoms with van der Waals surface area (Å²) in [5, 5.41) is 12.8. The molecule has 1 aliphatic heterocycles. The van der Waals surface area contributed by atoms with Crippen molar-refractivity contribution >= 4 is 21.9 Å². The number of carbonyl (C=O) groups is 1. The molecule has 0 aliphatic carbocycles. The van der Waals surface area contributed by atoms with E-state index in [0.29, 0.717) is 16.0 Å². The van der Waals surface area contributed by atoms with Crippen LogP contribution in [0.4, 0.5) is 0 Å². The number of hydrogen-bond donors (Lipinski definition) is 2. The molecule has 0 aromatic heterocycles. The second-order valence-electron chi connectivity index (χ2n) is 5.68. The normalized spacial score (nSPS) is 16.9. The average Bonchev–Trinajstić information content (AvgIpc) is 2.42. The van der Waals surface area contributed by atoms with Crippen molar-refractivity contribution < 1.29 is 14.6 Å². The van der Waals surface area contributed by atoms with Crippen LogP contribution in [0.1, 0.15) is 37.0 Å². The summed E-state index contributed by atoms with van der Waals surface area (Å²) in [7, 11) is 0. The van der Waals surface area contributed by atoms with Crippen LogP contribution in [0, 0.1) is 5.92 Å². The molecule has 4 nitrogen and oxygen atoms in total. The smallest absolute Gasteiger partial charge is 0.338 e. The Hall–Kier alpha value is -1.07. The summed E-state index contributed by atoms with van der Waals surface area (Å²) in [5.41, 5.74) is -0.0412. The predicted octanol–water partition coefficient (Wildman–Crippen LogP) is 3.09. The number of esters is 1. The molecule has 0 spiro atoms. The lowest BCUT2D eigenvalue weighted by molar-refractivity contribution is -0.0368. The van der Waals surface area contributed by atoms with Crippen molar-refractivity contribution in [2.45, 2.75) is 32.3 Å². The first-order valence-electron chi connectivity index (χ1n) is 6.83. The third kappa shape index (κ3) is 3.52. The fourth-order valence-corrected chi connectivity index (χ4v) is 2.91. The number of halogens is 1. The summed E-state index contributed by atoms with van der Waals surface area (Å²) in [4.78, 5) is 12.2. The van der Waals surface area contributed by atoms with E-state index in [9.17, 15) is 9.90 Å². The predicted molar refractivity (Wildman–Crippen MR) is 80.9 cm³/mol. The van der Waals surface area contributed by atoms with E-state index in [-0.39, 0.29) is 11.7 Å². The third-order valence-electron chi connectivity index (χ3n) is 3.86. The molecule has 5 heteroatoms. The molecule has 0 atom stereocenters. The van der Waals surface area contributed by atoms with Crippen LogP contribution >= 0.6 is 15.9 Å². The molecule has 1 aliphatic rings. The van der Waals surface area contributed by atoms with E-state index >= 15 is 0 Å². The molecule has 1 aromatic rings. The Labute approximate surface area is 127 Å². The van der Waals surface area contributed by atoms with Gasteiger partial charge in [0.1, 0.15) is 11.4 Å². The second-order valence-corrected chi connectivity index (χ2v) is 6.54. The van der Waals surface area contributed by atoms with Crippen LogP contribution < -0.4 is 5.32 Å². The maximum absolute atomic E-state index is 12.2. The van der Waals surface area contributed by atoms with E-state index in [1.807, 2.05) is 13.8 Å². The van der Waals surface area contributed by atoms with Crippen molar-refractivity contribution in [3.05, 3.63) is 28.2 Å². The minimum Gasteiger partial charge on any atom is -0.507 e. The summed E-state index contributed by atoms with van der Waals surface area (Å²) in [5.74, 6) is 0.127. The van der Waals surface area contributed by atoms with Crippen LogP contribution in [0.15, 0.2) is 22.7 Å². The number of hydrogen-bond acceptors (Lipinski definition) is 4. The van der Waals surface area contributed by atoms with Gasteiger partial charge in [-0.3, -0.25) is 0 Å². The van der Waals surface area contributed by atoms with Crippen LogP contribution in [-0.2, 0) is 4.74 Å². The van der Waals surface area contributed by atoms with Gasteiger partial charge in [0.05, 0.1) is 10.0 Å². The number of aromatic hydroxyl groups is 1. The Balaban J connectivity index is 2.07. The summed E-state index contributed by atoms with van der Waals surface area (Å²) in [6, 6.07) is 4.63. The van der Waals surface area contributed by atoms with E-state index in [4.69, 9.17) is 4.74 Å². The zero-order valence-electron chi connectivity index (χ0n) is 11.8. The molecule has 0 amide bonds. The average molecular weight is 342 g/mol. The van der Waals surface area contributed by atoms with Crippen LogP contribution in [0.3, 0.4) is 0 Å². The number of piperidine rings is 1. The number of rotatable bonds is 3. The van der Waals surface area contributed by atoms with Gasteiger partial charge in [-0.1, -0.05) is 0 Å². The Bertz CT molecular complexity index is 496. The van der Waals surface area contributed by atoms with E-state index < -0.39 is 5.60 Å². The Morgan fingerprint density at radius 3 is 2.65 bits per heavy atom. The quantitative estimate of drug-likeness (QED) is 0.829. The summed E-state index contributed by atoms with van der Waals surface area (Å²) >= 11 is 3.20. The van der Waals surface area contributed by atoms with Gasteiger partial charge in [-0.15, -0.1) is 0 Å². The van der Waals surface area contributed by atoms with Gasteiger partial charge in [-0.25, -0.2) is 4.79 Å². The minimum atomic E-state index is -0.483. The molecular weight excluding hydrogens is 322 g/mol. The topological polar surface area (TPSA) is 58.6 Å². The molecule has 1 aromatic carbocycles. The van der Waals surface area contributed by atoms with Gasteiger partial charge in [-0.2, -0.15) is 0 Å². The zero-order valence-corrected chi connectivity index (χ0v) is 13.4. The van der Waals surface area contributed by atoms with Crippen LogP contribution in [0.5, 0.6) is 5.75 Å². The van der Waals surface area contributed by atoms with E-state index in [1.165, 1.54) is 6.07 Å². The van der Waals surface area contributed by atoms with Gasteiger partial charge in [0.25, 0.3) is 0 Å². The van der Waals surface area contributed by atoms with Gasteiger partial charge in [-0.05, 0) is 73.9 Å². The summed E-state index contributed by atoms with van der Waals surface area (Å²) in [6.07, 6.45) is 2.03. The Kier molecular flexibility index (Phi) is 4.70. The summed E-state index contributed by atoms with van der Waals surface area (Å²) in [6.45, 7) is 5.87. The van der Waals surface area contributed by atoms with Gasteiger partial charge in [0.15, 0.2) is 0 Å². The van der Waals surface area contributed by atoms with Crippen molar-refractivity contribution in [1.82, 2.24) is 5.32 Å². The first-order chi connectivity index (χ1) is 9.40. The zero-order chi connectivity index (χ0) is 14.8. The number of phenolic OH excluding ortho intramolecular Hbond substituents is 1. The van der Waals surface area contributed by atoms with Gasteiger partial charge < -0.3 is 15.2 Å². The van der Waals surface area contributed by atoms with Crippen molar-refractivity contribution in [1.29, 1.82) is 0 Å². The number of nitrogens with one attached hydrogen (secondary N) is 1. The van der Waals surface area contributed by atoms with Crippen molar-refractivity contribution in [3.8, 4) is 5.75 Å². The number of benzene rings is 1. The fraction of sp³-hybridized carbons (Fsp3) is 0.533. The second kappa shape index (κ2) is 6.14. The maximum atomic E-state index is 12.2. The van der Waals surface area contributed by atoms with Crippen LogP contribution in [0.2, 0.25) is 0 Å². The fourth-order valence-electron chi connectivity index (χ4n) is 2.53. The first kappa shape index (κ1) is 15.3. The van der Waals surface area contributed by atoms with E-state index in [2.05, 4.69) is 21.2 Å². The first-order valence-corrected chi connectivity index (χ1v) is 7.62. The van der Waals surface area contributed by atoms with E-state index in [1.54, 1.807) is 12.1 Å². The molecule has 0 bridgehead atoms. The molecule has 1 fully saturated rings. The van der Waals surface area contributed by atoms with Crippen molar-refractivity contribution in [2.24, 2.45) is 5.92 Å². The number of ether oxygens (including phenoxy) is 1. The third-order valence-corrected chi connectivity index (χ3v) is 4.50. The van der Waals surface area contributed by atoms with E-state index in [0.717, 1.165) is 25.9 Å². The lowest BCUT2D eigenvalue weighted by Crippen LogP contribution is -2.42. The standard InChI is InChI=1S/C15H20BrNO3/c1-15(2,11-5-7-17-8-6-11)20-14(19)10-3-4-13(18)12(16)9-10/h3-4,9,11,17-18H,5-8H2,1-2H3. The highest BCUT2D eigenvalue weighted by molar-refractivity contribution is 9.10. The maximum Gasteiger partial charge on any atom is 0.338 e. The van der Waals surface area contributed by atoms with Crippen LogP contribution in [-0.4, -0.2) is 29.8 Å². The molecule has 2 N–H and O–H groups in total. The SMILES string of the molecule is CC(C)(OC(=O)c1ccc(O)c(Br)c1)C1CCNCC1. The lowest BCUT2D eigenvalue weighted by atomic mass is 9.83. The molecule has 1 heterocycles. The molecule has 0 unspecified atom stereocenters. The Morgan fingerprint density at radius 2 is 2.05 bits per heavy atom. The molecule has 0 saturated carbocycles. The molecule has 1 saturated heterocycles. The molecule has 0 radical (unpaired) electrons. The molecular formula is C15H20BrNO3. The van der Waals surface area contributed by atoms with Crippen molar-refractivity contribution in [3.63, 3.8) is 0 Å². The van der Waals surface area contributed by atoms with Crippen LogP contribution in [0.25, 0.3) is 0 Å². The number of phenols is 1. The number of carbonyl (C=O) groups excluding carboxylic acids is 1. The largest absolute Gasteiger partial charge is 0.507 e. The summed E-state index contributed by atoms with van der Waals surface area (Å²) < 4.78 is 6.18. The monoisotopic (exact) mass is 341 g/mol. The Morgan fingerprint density at radius 1 is 1.40 bits per heavy atom. The van der Waals surface area contributed by atoms with Gasteiger partial charge in [0, 0.05) is 5.92 Å². The molecule has 110 valence electrons.